The lowest BCUT2D eigenvalue weighted by atomic mass is 10.1. The first-order valence-corrected chi connectivity index (χ1v) is 11.0. The highest BCUT2D eigenvalue weighted by Crippen LogP contribution is 2.31. The Morgan fingerprint density at radius 1 is 1.17 bits per heavy atom. The average Bonchev–Trinajstić information content (AvgIpc) is 3.23. The second kappa shape index (κ2) is 7.72. The minimum atomic E-state index is 0.209. The summed E-state index contributed by atoms with van der Waals surface area (Å²) in [5, 5.41) is 0.617. The van der Waals surface area contributed by atoms with Gasteiger partial charge in [-0.05, 0) is 49.1 Å². The minimum absolute atomic E-state index is 0.209. The summed E-state index contributed by atoms with van der Waals surface area (Å²) >= 11 is 1.46. The molecule has 2 aliphatic heterocycles. The van der Waals surface area contributed by atoms with Gasteiger partial charge in [0.1, 0.15) is 16.1 Å². The summed E-state index contributed by atoms with van der Waals surface area (Å²) in [7, 11) is 0. The smallest absolute Gasteiger partial charge is 0.281 e. The van der Waals surface area contributed by atoms with Gasteiger partial charge in [-0.25, -0.2) is 9.97 Å². The number of thiazole rings is 1. The van der Waals surface area contributed by atoms with Crippen LogP contribution < -0.4 is 4.74 Å². The molecule has 0 saturated carbocycles. The van der Waals surface area contributed by atoms with E-state index < -0.39 is 0 Å². The molecule has 2 atom stereocenters. The SMILES string of the molecule is CC(=O)N1CC2CCC(C1)N2CCc1ccc(Oc2nc3cccnc3s2)cc1. The van der Waals surface area contributed by atoms with Gasteiger partial charge in [0.25, 0.3) is 5.19 Å². The quantitative estimate of drug-likeness (QED) is 0.644. The van der Waals surface area contributed by atoms with Crippen LogP contribution in [0.4, 0.5) is 0 Å². The van der Waals surface area contributed by atoms with Gasteiger partial charge in [0.2, 0.25) is 5.91 Å². The van der Waals surface area contributed by atoms with Crippen molar-refractivity contribution >= 4 is 27.6 Å². The lowest BCUT2D eigenvalue weighted by Crippen LogP contribution is -2.55. The summed E-state index contributed by atoms with van der Waals surface area (Å²) in [4.78, 5) is 26.0. The van der Waals surface area contributed by atoms with Crippen molar-refractivity contribution in [1.29, 1.82) is 0 Å². The molecule has 6 nitrogen and oxygen atoms in total. The van der Waals surface area contributed by atoms with Gasteiger partial charge in [0, 0.05) is 44.8 Å². The van der Waals surface area contributed by atoms with Crippen molar-refractivity contribution in [3.8, 4) is 10.9 Å². The summed E-state index contributed by atoms with van der Waals surface area (Å²) in [6, 6.07) is 13.2. The normalized spacial score (nSPS) is 21.6. The van der Waals surface area contributed by atoms with E-state index in [4.69, 9.17) is 4.74 Å². The van der Waals surface area contributed by atoms with Crippen LogP contribution >= 0.6 is 11.3 Å². The van der Waals surface area contributed by atoms with Gasteiger partial charge < -0.3 is 9.64 Å². The monoisotopic (exact) mass is 408 g/mol. The predicted molar refractivity (Wildman–Crippen MR) is 113 cm³/mol. The average molecular weight is 409 g/mol. The van der Waals surface area contributed by atoms with Crippen molar-refractivity contribution in [1.82, 2.24) is 19.8 Å². The summed E-state index contributed by atoms with van der Waals surface area (Å²) in [6.07, 6.45) is 5.19. The zero-order chi connectivity index (χ0) is 19.8. The molecule has 2 aromatic heterocycles. The lowest BCUT2D eigenvalue weighted by Gasteiger charge is -2.40. The maximum Gasteiger partial charge on any atom is 0.281 e. The van der Waals surface area contributed by atoms with Gasteiger partial charge in [0.15, 0.2) is 0 Å². The van der Waals surface area contributed by atoms with E-state index in [1.165, 1.54) is 29.7 Å². The number of rotatable bonds is 5. The van der Waals surface area contributed by atoms with Crippen molar-refractivity contribution in [2.75, 3.05) is 19.6 Å². The number of ether oxygens (including phenoxy) is 1. The fourth-order valence-corrected chi connectivity index (χ4v) is 5.27. The molecule has 2 saturated heterocycles. The van der Waals surface area contributed by atoms with Crippen molar-refractivity contribution in [2.24, 2.45) is 0 Å². The number of benzene rings is 1. The number of carbonyl (C=O) groups excluding carboxylic acids is 1. The Balaban J connectivity index is 1.19. The first kappa shape index (κ1) is 18.5. The van der Waals surface area contributed by atoms with Crippen LogP contribution in [0.1, 0.15) is 25.3 Å². The number of aromatic nitrogens is 2. The fourth-order valence-electron chi connectivity index (χ4n) is 4.49. The van der Waals surface area contributed by atoms with E-state index in [1.807, 2.05) is 29.2 Å². The van der Waals surface area contributed by atoms with E-state index in [-0.39, 0.29) is 5.91 Å². The van der Waals surface area contributed by atoms with Crippen molar-refractivity contribution in [3.05, 3.63) is 48.2 Å². The van der Waals surface area contributed by atoms with E-state index in [0.717, 1.165) is 42.2 Å². The van der Waals surface area contributed by atoms with Gasteiger partial charge in [-0.3, -0.25) is 9.69 Å². The fraction of sp³-hybridized carbons (Fsp3) is 0.409. The molecule has 0 radical (unpaired) electrons. The van der Waals surface area contributed by atoms with Crippen LogP contribution in [0.2, 0.25) is 0 Å². The van der Waals surface area contributed by atoms with Crippen LogP contribution in [-0.4, -0.2) is 57.4 Å². The molecule has 2 unspecified atom stereocenters. The minimum Gasteiger partial charge on any atom is -0.431 e. The number of hydrogen-bond acceptors (Lipinski definition) is 6. The Morgan fingerprint density at radius 2 is 1.93 bits per heavy atom. The molecule has 1 aromatic carbocycles. The number of likely N-dealkylation sites (tertiary alicyclic amines) is 1. The van der Waals surface area contributed by atoms with Crippen molar-refractivity contribution in [2.45, 2.75) is 38.3 Å². The third-order valence-electron chi connectivity index (χ3n) is 6.01. The van der Waals surface area contributed by atoms with E-state index in [1.54, 1.807) is 13.1 Å². The van der Waals surface area contributed by atoms with Crippen LogP contribution in [0.25, 0.3) is 10.3 Å². The second-order valence-electron chi connectivity index (χ2n) is 7.85. The van der Waals surface area contributed by atoms with Gasteiger partial charge in [-0.15, -0.1) is 0 Å². The van der Waals surface area contributed by atoms with E-state index in [0.29, 0.717) is 17.3 Å². The highest BCUT2D eigenvalue weighted by Gasteiger charge is 2.40. The molecule has 0 aliphatic carbocycles. The molecule has 1 amide bonds. The Bertz CT molecular complexity index is 972. The first-order chi connectivity index (χ1) is 14.2. The first-order valence-electron chi connectivity index (χ1n) is 10.2. The maximum absolute atomic E-state index is 11.7. The molecular formula is C22H24N4O2S. The number of carbonyl (C=O) groups is 1. The molecular weight excluding hydrogens is 384 g/mol. The molecule has 2 fully saturated rings. The van der Waals surface area contributed by atoms with Crippen molar-refractivity contribution in [3.63, 3.8) is 0 Å². The molecule has 0 N–H and O–H groups in total. The van der Waals surface area contributed by atoms with E-state index >= 15 is 0 Å². The van der Waals surface area contributed by atoms with E-state index in [2.05, 4.69) is 27.0 Å². The molecule has 4 heterocycles. The number of nitrogens with zero attached hydrogens (tertiary/aromatic N) is 4. The highest BCUT2D eigenvalue weighted by atomic mass is 32.1. The largest absolute Gasteiger partial charge is 0.431 e. The Morgan fingerprint density at radius 3 is 2.62 bits per heavy atom. The molecule has 7 heteroatoms. The molecule has 29 heavy (non-hydrogen) atoms. The topological polar surface area (TPSA) is 58.6 Å². The lowest BCUT2D eigenvalue weighted by molar-refractivity contribution is -0.132. The zero-order valence-corrected chi connectivity index (χ0v) is 17.3. The van der Waals surface area contributed by atoms with Crippen LogP contribution in [0.3, 0.4) is 0 Å². The number of piperazine rings is 1. The Hall–Kier alpha value is -2.51. The molecule has 5 rings (SSSR count). The summed E-state index contributed by atoms with van der Waals surface area (Å²) in [5.41, 5.74) is 2.17. The highest BCUT2D eigenvalue weighted by molar-refractivity contribution is 7.19. The van der Waals surface area contributed by atoms with Crippen LogP contribution in [0.5, 0.6) is 10.9 Å². The molecule has 150 valence electrons. The number of amides is 1. The molecule has 0 spiro atoms. The standard InChI is InChI=1S/C22H24N4O2S/c1-15(27)25-13-17-6-7-18(14-25)26(17)12-10-16-4-8-19(9-5-16)28-22-24-20-3-2-11-23-21(20)29-22/h2-5,8-9,11,17-18H,6-7,10,12-14H2,1H3. The zero-order valence-electron chi connectivity index (χ0n) is 16.5. The number of hydrogen-bond donors (Lipinski definition) is 0. The third-order valence-corrected chi connectivity index (χ3v) is 6.87. The number of fused-ring (bicyclic) bond motifs is 3. The molecule has 3 aromatic rings. The third kappa shape index (κ3) is 3.84. The summed E-state index contributed by atoms with van der Waals surface area (Å²) in [5.74, 6) is 1.00. The number of pyridine rings is 1. The second-order valence-corrected chi connectivity index (χ2v) is 8.79. The molecule has 2 bridgehead atoms. The summed E-state index contributed by atoms with van der Waals surface area (Å²) in [6.45, 7) is 4.50. The van der Waals surface area contributed by atoms with Crippen molar-refractivity contribution < 1.29 is 9.53 Å². The van der Waals surface area contributed by atoms with Crippen LogP contribution in [0, 0.1) is 0 Å². The maximum atomic E-state index is 11.7. The van der Waals surface area contributed by atoms with Gasteiger partial charge >= 0.3 is 0 Å². The van der Waals surface area contributed by atoms with Crippen LogP contribution in [0.15, 0.2) is 42.6 Å². The van der Waals surface area contributed by atoms with Gasteiger partial charge in [-0.2, -0.15) is 0 Å². The summed E-state index contributed by atoms with van der Waals surface area (Å²) < 4.78 is 5.91. The van der Waals surface area contributed by atoms with Gasteiger partial charge in [0.05, 0.1) is 0 Å². The Labute approximate surface area is 174 Å². The predicted octanol–water partition coefficient (Wildman–Crippen LogP) is 3.72. The van der Waals surface area contributed by atoms with Crippen LogP contribution in [-0.2, 0) is 11.2 Å². The van der Waals surface area contributed by atoms with Gasteiger partial charge in [-0.1, -0.05) is 23.5 Å². The van der Waals surface area contributed by atoms with E-state index in [9.17, 15) is 4.79 Å². The molecule has 2 aliphatic rings. The Kier molecular flexibility index (Phi) is 4.93.